The van der Waals surface area contributed by atoms with E-state index in [1.165, 1.54) is 12.1 Å². The summed E-state index contributed by atoms with van der Waals surface area (Å²) in [6, 6.07) is 24.7. The Morgan fingerprint density at radius 2 is 1.68 bits per heavy atom. The van der Waals surface area contributed by atoms with E-state index in [4.69, 9.17) is 4.42 Å². The maximum absolute atomic E-state index is 13.3. The Labute approximate surface area is 198 Å². The molecule has 0 spiro atoms. The van der Waals surface area contributed by atoms with Crippen LogP contribution in [-0.2, 0) is 11.2 Å². The number of benzene rings is 3. The van der Waals surface area contributed by atoms with Crippen LogP contribution < -0.4 is 10.2 Å². The van der Waals surface area contributed by atoms with Crippen LogP contribution in [0.2, 0.25) is 0 Å². The van der Waals surface area contributed by atoms with Crippen molar-refractivity contribution in [2.45, 2.75) is 12.5 Å². The molecule has 5 nitrogen and oxygen atoms in total. The lowest BCUT2D eigenvalue weighted by Gasteiger charge is -2.39. The van der Waals surface area contributed by atoms with Gasteiger partial charge in [0.1, 0.15) is 11.6 Å². The number of halogens is 1. The van der Waals surface area contributed by atoms with Gasteiger partial charge in [-0.05, 0) is 52.7 Å². The average Bonchev–Trinajstić information content (AvgIpc) is 3.40. The molecule has 1 atom stereocenters. The van der Waals surface area contributed by atoms with Crippen molar-refractivity contribution in [3.8, 4) is 0 Å². The maximum atomic E-state index is 13.3. The van der Waals surface area contributed by atoms with E-state index in [9.17, 15) is 9.18 Å². The summed E-state index contributed by atoms with van der Waals surface area (Å²) >= 11 is 0. The highest BCUT2D eigenvalue weighted by molar-refractivity contribution is 5.90. The molecule has 4 aromatic rings. The number of hydrogen-bond acceptors (Lipinski definition) is 4. The number of anilines is 1. The van der Waals surface area contributed by atoms with Gasteiger partial charge in [0.25, 0.3) is 0 Å². The Bertz CT molecular complexity index is 1230. The van der Waals surface area contributed by atoms with Gasteiger partial charge in [-0.3, -0.25) is 9.69 Å². The summed E-state index contributed by atoms with van der Waals surface area (Å²) in [5.41, 5.74) is 2.05. The molecule has 1 aliphatic heterocycles. The summed E-state index contributed by atoms with van der Waals surface area (Å²) in [6.45, 7) is 3.77. The van der Waals surface area contributed by atoms with E-state index in [-0.39, 0.29) is 17.8 Å². The standard InChI is InChI=1S/C28H28FN3O2/c29-23-10-12-24(13-11-23)31-14-16-32(17-15-31)26(27-9-4-18-34-27)20-30-28(33)19-22-7-3-6-21-5-1-2-8-25(21)22/h1-13,18,26H,14-17,19-20H2,(H,30,33). The summed E-state index contributed by atoms with van der Waals surface area (Å²) in [4.78, 5) is 17.5. The number of rotatable bonds is 7. The van der Waals surface area contributed by atoms with Gasteiger partial charge < -0.3 is 14.6 Å². The van der Waals surface area contributed by atoms with Gasteiger partial charge in [-0.25, -0.2) is 4.39 Å². The third kappa shape index (κ3) is 4.97. The third-order valence-electron chi connectivity index (χ3n) is 6.54. The topological polar surface area (TPSA) is 48.7 Å². The molecule has 3 aromatic carbocycles. The summed E-state index contributed by atoms with van der Waals surface area (Å²) in [6.07, 6.45) is 2.01. The van der Waals surface area contributed by atoms with Crippen molar-refractivity contribution in [1.29, 1.82) is 0 Å². The number of nitrogens with zero attached hydrogens (tertiary/aromatic N) is 2. The largest absolute Gasteiger partial charge is 0.468 e. The summed E-state index contributed by atoms with van der Waals surface area (Å²) in [7, 11) is 0. The third-order valence-corrected chi connectivity index (χ3v) is 6.54. The Kier molecular flexibility index (Phi) is 6.58. The van der Waals surface area contributed by atoms with Crippen LogP contribution in [0.5, 0.6) is 0 Å². The molecule has 1 N–H and O–H groups in total. The fourth-order valence-corrected chi connectivity index (χ4v) is 4.73. The molecule has 6 heteroatoms. The number of hydrogen-bond donors (Lipinski definition) is 1. The Morgan fingerprint density at radius 3 is 2.44 bits per heavy atom. The van der Waals surface area contributed by atoms with Crippen LogP contribution >= 0.6 is 0 Å². The molecule has 0 aliphatic carbocycles. The first-order valence-electron chi connectivity index (χ1n) is 11.7. The predicted octanol–water partition coefficient (Wildman–Crippen LogP) is 4.79. The lowest BCUT2D eigenvalue weighted by atomic mass is 10.0. The zero-order valence-electron chi connectivity index (χ0n) is 19.0. The number of fused-ring (bicyclic) bond motifs is 1. The number of nitrogens with one attached hydrogen (secondary N) is 1. The van der Waals surface area contributed by atoms with Gasteiger partial charge in [-0.15, -0.1) is 0 Å². The normalized spacial score (nSPS) is 15.4. The van der Waals surface area contributed by atoms with E-state index >= 15 is 0 Å². The summed E-state index contributed by atoms with van der Waals surface area (Å²) < 4.78 is 19.0. The second-order valence-corrected chi connectivity index (χ2v) is 8.65. The number of piperazine rings is 1. The number of amides is 1. The van der Waals surface area contributed by atoms with Crippen molar-refractivity contribution in [3.05, 3.63) is 102 Å². The van der Waals surface area contributed by atoms with Gasteiger partial charge >= 0.3 is 0 Å². The van der Waals surface area contributed by atoms with Gasteiger partial charge in [0.05, 0.1) is 18.7 Å². The molecule has 0 saturated carbocycles. The summed E-state index contributed by atoms with van der Waals surface area (Å²) in [5.74, 6) is 0.623. The molecule has 0 bridgehead atoms. The fraction of sp³-hybridized carbons (Fsp3) is 0.250. The number of furan rings is 1. The van der Waals surface area contributed by atoms with Crippen molar-refractivity contribution in [3.63, 3.8) is 0 Å². The van der Waals surface area contributed by atoms with Crippen molar-refractivity contribution >= 4 is 22.4 Å². The molecule has 1 aromatic heterocycles. The molecular weight excluding hydrogens is 429 g/mol. The van der Waals surface area contributed by atoms with Crippen molar-refractivity contribution in [1.82, 2.24) is 10.2 Å². The van der Waals surface area contributed by atoms with E-state index in [0.717, 1.165) is 54.0 Å². The molecule has 2 heterocycles. The Morgan fingerprint density at radius 1 is 0.912 bits per heavy atom. The van der Waals surface area contributed by atoms with Crippen LogP contribution in [0.25, 0.3) is 10.8 Å². The van der Waals surface area contributed by atoms with Gasteiger partial charge in [-0.1, -0.05) is 42.5 Å². The molecule has 1 aliphatic rings. The zero-order valence-corrected chi connectivity index (χ0v) is 19.0. The van der Waals surface area contributed by atoms with Crippen molar-refractivity contribution in [2.75, 3.05) is 37.6 Å². The monoisotopic (exact) mass is 457 g/mol. The molecule has 1 fully saturated rings. The van der Waals surface area contributed by atoms with E-state index < -0.39 is 0 Å². The number of carbonyl (C=O) groups excluding carboxylic acids is 1. The van der Waals surface area contributed by atoms with Crippen LogP contribution in [0.4, 0.5) is 10.1 Å². The van der Waals surface area contributed by atoms with E-state index in [2.05, 4.69) is 33.3 Å². The number of carbonyl (C=O) groups is 1. The van der Waals surface area contributed by atoms with E-state index in [1.807, 2.05) is 48.5 Å². The minimum absolute atomic E-state index is 0.00198. The van der Waals surface area contributed by atoms with Gasteiger partial charge in [0.15, 0.2) is 0 Å². The quantitative estimate of drug-likeness (QED) is 0.433. The fourth-order valence-electron chi connectivity index (χ4n) is 4.73. The van der Waals surface area contributed by atoms with Crippen LogP contribution in [0, 0.1) is 5.82 Å². The SMILES string of the molecule is O=C(Cc1cccc2ccccc12)NCC(c1ccco1)N1CCN(c2ccc(F)cc2)CC1. The van der Waals surface area contributed by atoms with Crippen LogP contribution in [-0.4, -0.2) is 43.5 Å². The predicted molar refractivity (Wildman–Crippen MR) is 132 cm³/mol. The van der Waals surface area contributed by atoms with E-state index in [0.29, 0.717) is 13.0 Å². The molecule has 1 saturated heterocycles. The highest BCUT2D eigenvalue weighted by Crippen LogP contribution is 2.25. The smallest absolute Gasteiger partial charge is 0.224 e. The molecule has 0 radical (unpaired) electrons. The lowest BCUT2D eigenvalue weighted by molar-refractivity contribution is -0.120. The van der Waals surface area contributed by atoms with Crippen molar-refractivity contribution < 1.29 is 13.6 Å². The minimum Gasteiger partial charge on any atom is -0.468 e. The highest BCUT2D eigenvalue weighted by atomic mass is 19.1. The Hall–Kier alpha value is -3.64. The Balaban J connectivity index is 1.23. The van der Waals surface area contributed by atoms with Crippen molar-refractivity contribution in [2.24, 2.45) is 0 Å². The van der Waals surface area contributed by atoms with Gasteiger partial charge in [-0.2, -0.15) is 0 Å². The first-order valence-corrected chi connectivity index (χ1v) is 11.7. The lowest BCUT2D eigenvalue weighted by Crippen LogP contribution is -2.50. The maximum Gasteiger partial charge on any atom is 0.224 e. The molecule has 174 valence electrons. The second-order valence-electron chi connectivity index (χ2n) is 8.65. The van der Waals surface area contributed by atoms with Gasteiger partial charge in [0, 0.05) is 38.4 Å². The summed E-state index contributed by atoms with van der Waals surface area (Å²) in [5, 5.41) is 5.38. The second kappa shape index (κ2) is 10.1. The minimum atomic E-state index is -0.223. The van der Waals surface area contributed by atoms with Crippen LogP contribution in [0.3, 0.4) is 0 Å². The highest BCUT2D eigenvalue weighted by Gasteiger charge is 2.27. The first-order chi connectivity index (χ1) is 16.7. The van der Waals surface area contributed by atoms with Crippen LogP contribution in [0.1, 0.15) is 17.4 Å². The van der Waals surface area contributed by atoms with Gasteiger partial charge in [0.2, 0.25) is 5.91 Å². The first kappa shape index (κ1) is 22.2. The molecule has 1 unspecified atom stereocenters. The average molecular weight is 458 g/mol. The zero-order chi connectivity index (χ0) is 23.3. The molecule has 34 heavy (non-hydrogen) atoms. The van der Waals surface area contributed by atoms with Crippen LogP contribution in [0.15, 0.2) is 89.5 Å². The van der Waals surface area contributed by atoms with E-state index in [1.54, 1.807) is 6.26 Å². The molecular formula is C28H28FN3O2. The molecule has 5 rings (SSSR count). The molecule has 1 amide bonds.